The molecule has 9 heteroatoms. The first kappa shape index (κ1) is 17.7. The number of halogens is 2. The molecule has 3 aromatic rings. The van der Waals surface area contributed by atoms with E-state index in [-0.39, 0.29) is 13.2 Å². The highest BCUT2D eigenvalue weighted by atomic mass is 35.5. The van der Waals surface area contributed by atoms with E-state index in [1.807, 2.05) is 13.0 Å². The molecule has 2 N–H and O–H groups in total. The fraction of sp³-hybridized carbons (Fsp3) is 0.312. The number of aryl methyl sites for hydroxylation is 1. The topological polar surface area (TPSA) is 84.6 Å². The van der Waals surface area contributed by atoms with Crippen molar-refractivity contribution in [3.05, 3.63) is 46.3 Å². The number of rotatable bonds is 7. The van der Waals surface area contributed by atoms with Crippen LogP contribution in [0.15, 0.2) is 30.6 Å². The average Bonchev–Trinajstić information content (AvgIpc) is 3.09. The molecule has 2 heterocycles. The number of nitrogens with one attached hydrogen (secondary N) is 1. The summed E-state index contributed by atoms with van der Waals surface area (Å²) < 4.78 is 7.12. The average molecular weight is 382 g/mol. The van der Waals surface area contributed by atoms with Crippen LogP contribution < -0.4 is 10.1 Å². The quantitative estimate of drug-likeness (QED) is 0.654. The summed E-state index contributed by atoms with van der Waals surface area (Å²) in [5, 5.41) is 18.2. The third kappa shape index (κ3) is 4.12. The zero-order valence-corrected chi connectivity index (χ0v) is 15.0. The van der Waals surface area contributed by atoms with Gasteiger partial charge in [-0.1, -0.05) is 36.2 Å². The van der Waals surface area contributed by atoms with E-state index in [0.29, 0.717) is 27.4 Å². The standard InChI is InChI=1S/C16H17Cl2N5O2/c1-2-10-6-14(23-16(22-10)20-9-21-23)19-7-11(24)8-25-13-5-3-4-12(17)15(13)18/h3-6,9,11,19,24H,2,7-8H2,1H3. The number of aromatic nitrogens is 4. The lowest BCUT2D eigenvalue weighted by molar-refractivity contribution is 0.117. The summed E-state index contributed by atoms with van der Waals surface area (Å²) in [5.74, 6) is 1.65. The summed E-state index contributed by atoms with van der Waals surface area (Å²) in [6.45, 7) is 2.34. The van der Waals surface area contributed by atoms with Crippen LogP contribution in [-0.2, 0) is 6.42 Å². The van der Waals surface area contributed by atoms with Gasteiger partial charge in [-0.2, -0.15) is 14.6 Å². The molecule has 2 aromatic heterocycles. The van der Waals surface area contributed by atoms with Crippen LogP contribution in [0.25, 0.3) is 5.78 Å². The molecule has 0 bridgehead atoms. The lowest BCUT2D eigenvalue weighted by atomic mass is 10.3. The molecule has 7 nitrogen and oxygen atoms in total. The zero-order valence-electron chi connectivity index (χ0n) is 13.5. The highest BCUT2D eigenvalue weighted by Crippen LogP contribution is 2.31. The van der Waals surface area contributed by atoms with Gasteiger partial charge < -0.3 is 15.2 Å². The van der Waals surface area contributed by atoms with Crippen molar-refractivity contribution in [1.82, 2.24) is 19.6 Å². The van der Waals surface area contributed by atoms with Crippen LogP contribution in [0.5, 0.6) is 5.75 Å². The van der Waals surface area contributed by atoms with Gasteiger partial charge in [-0.25, -0.2) is 4.98 Å². The number of aliphatic hydroxyl groups is 1. The van der Waals surface area contributed by atoms with Crippen LogP contribution in [0.2, 0.25) is 10.0 Å². The number of aliphatic hydroxyl groups excluding tert-OH is 1. The molecule has 0 radical (unpaired) electrons. The summed E-state index contributed by atoms with van der Waals surface area (Å²) in [6, 6.07) is 6.98. The van der Waals surface area contributed by atoms with E-state index in [1.54, 1.807) is 22.7 Å². The normalized spacial score (nSPS) is 12.3. The van der Waals surface area contributed by atoms with Gasteiger partial charge in [0.1, 0.15) is 35.6 Å². The van der Waals surface area contributed by atoms with Gasteiger partial charge in [-0.3, -0.25) is 0 Å². The van der Waals surface area contributed by atoms with Crippen molar-refractivity contribution in [2.75, 3.05) is 18.5 Å². The van der Waals surface area contributed by atoms with E-state index in [1.165, 1.54) is 6.33 Å². The Bertz CT molecular complexity index is 871. The number of fused-ring (bicyclic) bond motifs is 1. The van der Waals surface area contributed by atoms with E-state index in [0.717, 1.165) is 12.1 Å². The Morgan fingerprint density at radius 3 is 3.00 bits per heavy atom. The van der Waals surface area contributed by atoms with E-state index < -0.39 is 6.10 Å². The predicted octanol–water partition coefficient (Wildman–Crippen LogP) is 2.85. The Morgan fingerprint density at radius 1 is 1.36 bits per heavy atom. The Kier molecular flexibility index (Phi) is 5.57. The molecule has 0 aliphatic rings. The fourth-order valence-corrected chi connectivity index (χ4v) is 2.58. The number of ether oxygens (including phenoxy) is 1. The van der Waals surface area contributed by atoms with E-state index in [2.05, 4.69) is 20.4 Å². The number of benzene rings is 1. The molecule has 0 amide bonds. The molecule has 0 fully saturated rings. The van der Waals surface area contributed by atoms with Gasteiger partial charge in [-0.15, -0.1) is 0 Å². The monoisotopic (exact) mass is 381 g/mol. The highest BCUT2D eigenvalue weighted by molar-refractivity contribution is 6.42. The maximum atomic E-state index is 10.2. The predicted molar refractivity (Wildman–Crippen MR) is 96.6 cm³/mol. The number of nitrogens with zero attached hydrogens (tertiary/aromatic N) is 4. The molecule has 132 valence electrons. The molecule has 1 aromatic carbocycles. The summed E-state index contributed by atoms with van der Waals surface area (Å²) in [6.07, 6.45) is 1.46. The molecule has 0 spiro atoms. The van der Waals surface area contributed by atoms with Gasteiger partial charge in [0.25, 0.3) is 5.78 Å². The first-order valence-corrected chi connectivity index (χ1v) is 8.52. The van der Waals surface area contributed by atoms with E-state index >= 15 is 0 Å². The lowest BCUT2D eigenvalue weighted by Gasteiger charge is -2.15. The van der Waals surface area contributed by atoms with Gasteiger partial charge in [0.15, 0.2) is 0 Å². The zero-order chi connectivity index (χ0) is 17.8. The largest absolute Gasteiger partial charge is 0.489 e. The Hall–Kier alpha value is -2.09. The minimum absolute atomic E-state index is 0.0687. The third-order valence-electron chi connectivity index (χ3n) is 3.53. The van der Waals surface area contributed by atoms with Crippen molar-refractivity contribution in [3.63, 3.8) is 0 Å². The second kappa shape index (κ2) is 7.86. The van der Waals surface area contributed by atoms with Crippen molar-refractivity contribution < 1.29 is 9.84 Å². The number of hydrogen-bond acceptors (Lipinski definition) is 6. The highest BCUT2D eigenvalue weighted by Gasteiger charge is 2.11. The van der Waals surface area contributed by atoms with Gasteiger partial charge in [0.05, 0.1) is 5.02 Å². The van der Waals surface area contributed by atoms with Crippen molar-refractivity contribution in [2.45, 2.75) is 19.4 Å². The Labute approximate surface area is 154 Å². The van der Waals surface area contributed by atoms with E-state index in [4.69, 9.17) is 27.9 Å². The minimum Gasteiger partial charge on any atom is -0.489 e. The van der Waals surface area contributed by atoms with Crippen molar-refractivity contribution in [1.29, 1.82) is 0 Å². The molecule has 0 saturated heterocycles. The van der Waals surface area contributed by atoms with E-state index in [9.17, 15) is 5.11 Å². The van der Waals surface area contributed by atoms with Gasteiger partial charge in [0.2, 0.25) is 0 Å². The van der Waals surface area contributed by atoms with Gasteiger partial charge in [0, 0.05) is 18.3 Å². The maximum absolute atomic E-state index is 10.2. The van der Waals surface area contributed by atoms with Crippen LogP contribution >= 0.6 is 23.2 Å². The fourth-order valence-electron chi connectivity index (χ4n) is 2.23. The maximum Gasteiger partial charge on any atom is 0.254 e. The van der Waals surface area contributed by atoms with Crippen molar-refractivity contribution >= 4 is 34.8 Å². The molecule has 0 aliphatic heterocycles. The Morgan fingerprint density at radius 2 is 2.20 bits per heavy atom. The van der Waals surface area contributed by atoms with Crippen LogP contribution in [0.4, 0.5) is 5.82 Å². The summed E-state index contributed by atoms with van der Waals surface area (Å²) in [4.78, 5) is 8.47. The molecular formula is C16H17Cl2N5O2. The SMILES string of the molecule is CCc1cc(NCC(O)COc2cccc(Cl)c2Cl)n2ncnc2n1. The summed E-state index contributed by atoms with van der Waals surface area (Å²) in [5.41, 5.74) is 0.888. The first-order valence-electron chi connectivity index (χ1n) is 7.77. The summed E-state index contributed by atoms with van der Waals surface area (Å²) in [7, 11) is 0. The molecule has 1 unspecified atom stereocenters. The molecule has 25 heavy (non-hydrogen) atoms. The molecule has 0 aliphatic carbocycles. The minimum atomic E-state index is -0.758. The van der Waals surface area contributed by atoms with Crippen molar-refractivity contribution in [3.8, 4) is 5.75 Å². The molecule has 1 atom stereocenters. The first-order chi connectivity index (χ1) is 12.1. The molecular weight excluding hydrogens is 365 g/mol. The van der Waals surface area contributed by atoms with Crippen LogP contribution in [0, 0.1) is 0 Å². The lowest BCUT2D eigenvalue weighted by Crippen LogP contribution is -2.27. The van der Waals surface area contributed by atoms with Crippen molar-refractivity contribution in [2.24, 2.45) is 0 Å². The second-order valence-corrected chi connectivity index (χ2v) is 6.14. The number of hydrogen-bond donors (Lipinski definition) is 2. The van der Waals surface area contributed by atoms with Crippen LogP contribution in [0.3, 0.4) is 0 Å². The molecule has 0 saturated carbocycles. The third-order valence-corrected chi connectivity index (χ3v) is 4.33. The van der Waals surface area contributed by atoms with Crippen LogP contribution in [0.1, 0.15) is 12.6 Å². The van der Waals surface area contributed by atoms with Gasteiger partial charge >= 0.3 is 0 Å². The molecule has 3 rings (SSSR count). The van der Waals surface area contributed by atoms with Gasteiger partial charge in [-0.05, 0) is 18.6 Å². The van der Waals surface area contributed by atoms with Crippen LogP contribution in [-0.4, -0.2) is 43.9 Å². The smallest absolute Gasteiger partial charge is 0.254 e. The summed E-state index contributed by atoms with van der Waals surface area (Å²) >= 11 is 12.0. The Balaban J connectivity index is 1.62. The second-order valence-electron chi connectivity index (χ2n) is 5.36. The number of anilines is 1.